The molecule has 0 saturated heterocycles. The van der Waals surface area contributed by atoms with Gasteiger partial charge in [0, 0.05) is 11.1 Å². The van der Waals surface area contributed by atoms with Gasteiger partial charge in [-0.3, -0.25) is 5.10 Å². The Morgan fingerprint density at radius 2 is 1.81 bits per heavy atom. The molecule has 2 aromatic carbocycles. The average Bonchev–Trinajstić information content (AvgIpc) is 2.97. The van der Waals surface area contributed by atoms with Crippen LogP contribution in [0.2, 0.25) is 0 Å². The van der Waals surface area contributed by atoms with Gasteiger partial charge in [-0.05, 0) is 42.0 Å². The van der Waals surface area contributed by atoms with E-state index < -0.39 is 0 Å². The highest BCUT2D eigenvalue weighted by molar-refractivity contribution is 5.75. The van der Waals surface area contributed by atoms with Gasteiger partial charge in [-0.1, -0.05) is 24.8 Å². The van der Waals surface area contributed by atoms with Gasteiger partial charge in [0.2, 0.25) is 0 Å². The van der Waals surface area contributed by atoms with Crippen molar-refractivity contribution in [3.63, 3.8) is 0 Å². The van der Waals surface area contributed by atoms with Crippen molar-refractivity contribution in [3.8, 4) is 22.5 Å². The van der Waals surface area contributed by atoms with Crippen LogP contribution in [0.1, 0.15) is 5.56 Å². The van der Waals surface area contributed by atoms with E-state index >= 15 is 0 Å². The van der Waals surface area contributed by atoms with Gasteiger partial charge in [0.25, 0.3) is 0 Å². The lowest BCUT2D eigenvalue weighted by atomic mass is 10.0. The van der Waals surface area contributed by atoms with Crippen LogP contribution in [-0.4, -0.2) is 10.2 Å². The van der Waals surface area contributed by atoms with Crippen LogP contribution in [0.25, 0.3) is 28.6 Å². The molecule has 4 heteroatoms. The Labute approximate surface area is 120 Å². The van der Waals surface area contributed by atoms with Crippen molar-refractivity contribution in [3.05, 3.63) is 72.3 Å². The lowest BCUT2D eigenvalue weighted by molar-refractivity contribution is 0.628. The average molecular weight is 282 g/mol. The van der Waals surface area contributed by atoms with E-state index in [4.69, 9.17) is 0 Å². The topological polar surface area (TPSA) is 28.7 Å². The van der Waals surface area contributed by atoms with Crippen LogP contribution in [0.4, 0.5) is 8.78 Å². The lowest BCUT2D eigenvalue weighted by Gasteiger charge is -2.04. The molecule has 0 bridgehead atoms. The van der Waals surface area contributed by atoms with Crippen LogP contribution in [0, 0.1) is 11.6 Å². The Morgan fingerprint density at radius 3 is 2.52 bits per heavy atom. The molecule has 0 radical (unpaired) electrons. The van der Waals surface area contributed by atoms with Gasteiger partial charge in [-0.25, -0.2) is 8.78 Å². The number of nitrogens with zero attached hydrogens (tertiary/aromatic N) is 1. The summed E-state index contributed by atoms with van der Waals surface area (Å²) in [4.78, 5) is 0. The van der Waals surface area contributed by atoms with Gasteiger partial charge in [0.05, 0.1) is 11.4 Å². The molecule has 3 rings (SSSR count). The van der Waals surface area contributed by atoms with E-state index in [1.165, 1.54) is 18.2 Å². The molecule has 0 unspecified atom stereocenters. The van der Waals surface area contributed by atoms with E-state index in [-0.39, 0.29) is 11.6 Å². The highest BCUT2D eigenvalue weighted by Gasteiger charge is 2.12. The minimum atomic E-state index is -0.346. The van der Waals surface area contributed by atoms with E-state index in [1.54, 1.807) is 36.4 Å². The summed E-state index contributed by atoms with van der Waals surface area (Å²) >= 11 is 0. The highest BCUT2D eigenvalue weighted by Crippen LogP contribution is 2.29. The number of H-pyrrole nitrogens is 1. The smallest absolute Gasteiger partial charge is 0.133 e. The first kappa shape index (κ1) is 13.2. The first-order chi connectivity index (χ1) is 10.2. The third kappa shape index (κ3) is 2.48. The van der Waals surface area contributed by atoms with Crippen LogP contribution in [-0.2, 0) is 0 Å². The maximum absolute atomic E-state index is 14.0. The van der Waals surface area contributed by atoms with Crippen LogP contribution in [0.3, 0.4) is 0 Å². The van der Waals surface area contributed by atoms with Gasteiger partial charge in [-0.2, -0.15) is 5.10 Å². The summed E-state index contributed by atoms with van der Waals surface area (Å²) in [7, 11) is 0. The molecule has 0 aliphatic carbocycles. The molecule has 0 saturated carbocycles. The zero-order chi connectivity index (χ0) is 14.8. The standard InChI is InChI=1S/C17H12F2N2/c1-2-11-4-3-5-14(19)17(11)16-10-15(20-21-16)12-6-8-13(18)9-7-12/h2-10H,1H2,(H,20,21). The molecular formula is C17H12F2N2. The zero-order valence-electron chi connectivity index (χ0n) is 11.1. The van der Waals surface area contributed by atoms with Crippen LogP contribution in [0.5, 0.6) is 0 Å². The SMILES string of the molecule is C=Cc1cccc(F)c1-c1cc(-c2ccc(F)cc2)n[nH]1. The molecule has 0 amide bonds. The first-order valence-corrected chi connectivity index (χ1v) is 6.41. The van der Waals surface area contributed by atoms with Crippen molar-refractivity contribution in [2.75, 3.05) is 0 Å². The van der Waals surface area contributed by atoms with Crippen molar-refractivity contribution < 1.29 is 8.78 Å². The van der Waals surface area contributed by atoms with Gasteiger partial charge in [0.1, 0.15) is 11.6 Å². The third-order valence-corrected chi connectivity index (χ3v) is 3.25. The Balaban J connectivity index is 2.07. The quantitative estimate of drug-likeness (QED) is 0.743. The molecule has 0 atom stereocenters. The fourth-order valence-corrected chi connectivity index (χ4v) is 2.21. The minimum absolute atomic E-state index is 0.308. The maximum atomic E-state index is 14.0. The molecule has 1 N–H and O–H groups in total. The number of hydrogen-bond acceptors (Lipinski definition) is 1. The Hall–Kier alpha value is -2.75. The first-order valence-electron chi connectivity index (χ1n) is 6.41. The number of benzene rings is 2. The number of rotatable bonds is 3. The molecule has 0 aliphatic heterocycles. The van der Waals surface area contributed by atoms with Crippen molar-refractivity contribution in [2.24, 2.45) is 0 Å². The molecule has 1 heterocycles. The predicted octanol–water partition coefficient (Wildman–Crippen LogP) is 4.66. The van der Waals surface area contributed by atoms with E-state index in [2.05, 4.69) is 16.8 Å². The fraction of sp³-hybridized carbons (Fsp3) is 0. The van der Waals surface area contributed by atoms with Gasteiger partial charge >= 0.3 is 0 Å². The van der Waals surface area contributed by atoms with Crippen LogP contribution in [0.15, 0.2) is 55.1 Å². The summed E-state index contributed by atoms with van der Waals surface area (Å²) in [5.74, 6) is -0.653. The molecule has 1 aromatic heterocycles. The third-order valence-electron chi connectivity index (χ3n) is 3.25. The van der Waals surface area contributed by atoms with Crippen molar-refractivity contribution >= 4 is 6.08 Å². The normalized spacial score (nSPS) is 10.6. The van der Waals surface area contributed by atoms with E-state index in [0.29, 0.717) is 22.5 Å². The molecule has 21 heavy (non-hydrogen) atoms. The minimum Gasteiger partial charge on any atom is -0.277 e. The van der Waals surface area contributed by atoms with E-state index in [9.17, 15) is 8.78 Å². The summed E-state index contributed by atoms with van der Waals surface area (Å²) in [6.07, 6.45) is 1.59. The highest BCUT2D eigenvalue weighted by atomic mass is 19.1. The Kier molecular flexibility index (Phi) is 3.36. The molecule has 3 aromatic rings. The summed E-state index contributed by atoms with van der Waals surface area (Å²) in [6, 6.07) is 12.5. The molecule has 2 nitrogen and oxygen atoms in total. The van der Waals surface area contributed by atoms with E-state index in [1.807, 2.05) is 0 Å². The van der Waals surface area contributed by atoms with Crippen LogP contribution < -0.4 is 0 Å². The van der Waals surface area contributed by atoms with Crippen molar-refractivity contribution in [1.29, 1.82) is 0 Å². The summed E-state index contributed by atoms with van der Waals surface area (Å²) in [6.45, 7) is 3.69. The molecule has 104 valence electrons. The summed E-state index contributed by atoms with van der Waals surface area (Å²) in [5, 5.41) is 6.98. The summed E-state index contributed by atoms with van der Waals surface area (Å²) < 4.78 is 27.0. The number of halogens is 2. The monoisotopic (exact) mass is 282 g/mol. The van der Waals surface area contributed by atoms with Gasteiger partial charge in [0.15, 0.2) is 0 Å². The second kappa shape index (κ2) is 5.32. The molecular weight excluding hydrogens is 270 g/mol. The van der Waals surface area contributed by atoms with E-state index in [0.717, 1.165) is 5.56 Å². The van der Waals surface area contributed by atoms with Crippen molar-refractivity contribution in [2.45, 2.75) is 0 Å². The molecule has 0 aliphatic rings. The maximum Gasteiger partial charge on any atom is 0.133 e. The van der Waals surface area contributed by atoms with Crippen LogP contribution >= 0.6 is 0 Å². The number of nitrogens with one attached hydrogen (secondary N) is 1. The molecule has 0 fully saturated rings. The molecule has 0 spiro atoms. The van der Waals surface area contributed by atoms with Crippen molar-refractivity contribution in [1.82, 2.24) is 10.2 Å². The lowest BCUT2D eigenvalue weighted by Crippen LogP contribution is -1.88. The van der Waals surface area contributed by atoms with Gasteiger partial charge < -0.3 is 0 Å². The predicted molar refractivity (Wildman–Crippen MR) is 79.5 cm³/mol. The largest absolute Gasteiger partial charge is 0.277 e. The fourth-order valence-electron chi connectivity index (χ4n) is 2.21. The zero-order valence-corrected chi connectivity index (χ0v) is 11.1. The number of aromatic nitrogens is 2. The number of hydrogen-bond donors (Lipinski definition) is 1. The Bertz CT molecular complexity index is 789. The Morgan fingerprint density at radius 1 is 1.05 bits per heavy atom. The summed E-state index contributed by atoms with van der Waals surface area (Å²) in [5.41, 5.74) is 3.05. The second-order valence-electron chi connectivity index (χ2n) is 4.58. The second-order valence-corrected chi connectivity index (χ2v) is 4.58. The number of aromatic amines is 1. The van der Waals surface area contributed by atoms with Gasteiger partial charge in [-0.15, -0.1) is 0 Å².